The van der Waals surface area contributed by atoms with E-state index in [9.17, 15) is 18.5 Å². The monoisotopic (exact) mass is 389 g/mol. The van der Waals surface area contributed by atoms with Crippen LogP contribution < -0.4 is 5.32 Å². The maximum atomic E-state index is 12.9. The van der Waals surface area contributed by atoms with Gasteiger partial charge >= 0.3 is 0 Å². The first-order chi connectivity index (χ1) is 11.4. The molecule has 0 bridgehead atoms. The topological polar surface area (TPSA) is 92.5 Å². The molecule has 1 N–H and O–H groups in total. The highest BCUT2D eigenvalue weighted by molar-refractivity contribution is 7.89. The van der Waals surface area contributed by atoms with Gasteiger partial charge in [0.05, 0.1) is 4.92 Å². The van der Waals surface area contributed by atoms with E-state index in [-0.39, 0.29) is 23.0 Å². The minimum absolute atomic E-state index is 0. The third-order valence-corrected chi connectivity index (χ3v) is 6.92. The van der Waals surface area contributed by atoms with E-state index >= 15 is 0 Å². The van der Waals surface area contributed by atoms with Gasteiger partial charge in [0.25, 0.3) is 5.69 Å². The second-order valence-electron chi connectivity index (χ2n) is 6.71. The molecule has 3 rings (SSSR count). The fourth-order valence-corrected chi connectivity index (χ4v) is 5.03. The zero-order chi connectivity index (χ0) is 17.3. The Morgan fingerprint density at radius 2 is 1.88 bits per heavy atom. The van der Waals surface area contributed by atoms with Gasteiger partial charge in [0.15, 0.2) is 4.90 Å². The van der Waals surface area contributed by atoms with Crippen LogP contribution in [0.5, 0.6) is 0 Å². The lowest BCUT2D eigenvalue weighted by atomic mass is 10.1. The molecule has 9 heteroatoms. The summed E-state index contributed by atoms with van der Waals surface area (Å²) in [5.74, 6) is 0.793. The van der Waals surface area contributed by atoms with Gasteiger partial charge in [-0.15, -0.1) is 12.4 Å². The first-order valence-electron chi connectivity index (χ1n) is 8.37. The smallest absolute Gasteiger partial charge is 0.289 e. The molecule has 1 aliphatic heterocycles. The van der Waals surface area contributed by atoms with Crippen LogP contribution in [0.2, 0.25) is 0 Å². The first kappa shape index (κ1) is 20.1. The summed E-state index contributed by atoms with van der Waals surface area (Å²) in [6.45, 7) is 3.41. The summed E-state index contributed by atoms with van der Waals surface area (Å²) in [5.41, 5.74) is 0.0714. The number of piperidine rings is 1. The van der Waals surface area contributed by atoms with Gasteiger partial charge in [-0.05, 0) is 50.6 Å². The van der Waals surface area contributed by atoms with Crippen molar-refractivity contribution >= 4 is 28.1 Å². The van der Waals surface area contributed by atoms with Crippen molar-refractivity contribution in [1.82, 2.24) is 9.62 Å². The second kappa shape index (κ2) is 7.99. The fraction of sp³-hybridized carbons (Fsp3) is 0.625. The van der Waals surface area contributed by atoms with E-state index in [0.29, 0.717) is 24.7 Å². The summed E-state index contributed by atoms with van der Waals surface area (Å²) in [4.78, 5) is 10.4. The maximum Gasteiger partial charge on any atom is 0.289 e. The molecule has 0 aromatic heterocycles. The van der Waals surface area contributed by atoms with Gasteiger partial charge in [-0.25, -0.2) is 8.42 Å². The van der Waals surface area contributed by atoms with Gasteiger partial charge in [0.1, 0.15) is 0 Å². The normalized spacial score (nSPS) is 19.4. The number of nitrogens with zero attached hydrogens (tertiary/aromatic N) is 2. The average Bonchev–Trinajstić information content (AvgIpc) is 3.37. The van der Waals surface area contributed by atoms with Crippen LogP contribution in [-0.4, -0.2) is 43.3 Å². The van der Waals surface area contributed by atoms with Crippen LogP contribution in [0.3, 0.4) is 0 Å². The van der Waals surface area contributed by atoms with Crippen LogP contribution in [0.1, 0.15) is 31.2 Å². The van der Waals surface area contributed by atoms with Crippen molar-refractivity contribution in [2.24, 2.45) is 5.92 Å². The third kappa shape index (κ3) is 4.49. The third-order valence-electron chi connectivity index (χ3n) is 4.83. The number of hydrogen-bond donors (Lipinski definition) is 1. The Morgan fingerprint density at radius 1 is 1.24 bits per heavy atom. The van der Waals surface area contributed by atoms with E-state index in [1.54, 1.807) is 13.0 Å². The number of benzene rings is 1. The number of aryl methyl sites for hydroxylation is 1. The minimum Gasteiger partial charge on any atom is -0.314 e. The summed E-state index contributed by atoms with van der Waals surface area (Å²) in [5, 5.41) is 14.7. The Balaban J connectivity index is 0.00000225. The zero-order valence-electron chi connectivity index (χ0n) is 14.2. The molecule has 1 saturated carbocycles. The number of rotatable bonds is 6. The molecule has 1 aromatic rings. The van der Waals surface area contributed by atoms with Crippen molar-refractivity contribution in [2.75, 3.05) is 19.6 Å². The standard InChI is InChI=1S/C16H23N3O4S.ClH/c1-12-3-2-4-15(19(20)21)16(12)24(22,23)18-9-7-14(8-10-18)17-11-13-5-6-13;/h2-4,13-14,17H,5-11H2,1H3;1H. The Bertz CT molecular complexity index is 729. The largest absolute Gasteiger partial charge is 0.314 e. The zero-order valence-corrected chi connectivity index (χ0v) is 15.8. The second-order valence-corrected chi connectivity index (χ2v) is 8.59. The molecule has 0 radical (unpaired) electrons. The van der Waals surface area contributed by atoms with Crippen molar-refractivity contribution in [3.05, 3.63) is 33.9 Å². The van der Waals surface area contributed by atoms with Crippen LogP contribution in [0, 0.1) is 23.0 Å². The predicted octanol–water partition coefficient (Wildman–Crippen LogP) is 2.48. The van der Waals surface area contributed by atoms with Crippen molar-refractivity contribution in [3.63, 3.8) is 0 Å². The summed E-state index contributed by atoms with van der Waals surface area (Å²) < 4.78 is 27.2. The summed E-state index contributed by atoms with van der Waals surface area (Å²) in [6, 6.07) is 4.71. The molecular weight excluding hydrogens is 366 g/mol. The predicted molar refractivity (Wildman–Crippen MR) is 97.6 cm³/mol. The number of sulfonamides is 1. The lowest BCUT2D eigenvalue weighted by Gasteiger charge is -2.32. The lowest BCUT2D eigenvalue weighted by molar-refractivity contribution is -0.387. The molecule has 1 heterocycles. The van der Waals surface area contributed by atoms with Gasteiger partial charge in [-0.2, -0.15) is 4.31 Å². The molecule has 1 saturated heterocycles. The Kier molecular flexibility index (Phi) is 6.42. The van der Waals surface area contributed by atoms with E-state index in [2.05, 4.69) is 5.32 Å². The van der Waals surface area contributed by atoms with Crippen molar-refractivity contribution < 1.29 is 13.3 Å². The molecule has 0 atom stereocenters. The number of nitro groups is 1. The van der Waals surface area contributed by atoms with Crippen molar-refractivity contribution in [2.45, 2.75) is 43.5 Å². The Morgan fingerprint density at radius 3 is 2.44 bits per heavy atom. The number of nitrogens with one attached hydrogen (secondary N) is 1. The van der Waals surface area contributed by atoms with Gasteiger partial charge in [-0.3, -0.25) is 10.1 Å². The maximum absolute atomic E-state index is 12.9. The summed E-state index contributed by atoms with van der Waals surface area (Å²) >= 11 is 0. The van der Waals surface area contributed by atoms with E-state index in [0.717, 1.165) is 25.3 Å². The number of halogens is 1. The van der Waals surface area contributed by atoms with E-state index in [4.69, 9.17) is 0 Å². The molecule has 0 spiro atoms. The molecular formula is C16H24ClN3O4S. The minimum atomic E-state index is -3.85. The highest BCUT2D eigenvalue weighted by Crippen LogP contribution is 2.31. The molecule has 2 aliphatic rings. The van der Waals surface area contributed by atoms with Crippen LogP contribution in [0.15, 0.2) is 23.1 Å². The molecule has 1 aliphatic carbocycles. The summed E-state index contributed by atoms with van der Waals surface area (Å²) in [7, 11) is -3.85. The lowest BCUT2D eigenvalue weighted by Crippen LogP contribution is -2.45. The quantitative estimate of drug-likeness (QED) is 0.596. The highest BCUT2D eigenvalue weighted by atomic mass is 35.5. The van der Waals surface area contributed by atoms with Crippen LogP contribution >= 0.6 is 12.4 Å². The van der Waals surface area contributed by atoms with E-state index in [1.807, 2.05) is 0 Å². The molecule has 0 unspecified atom stereocenters. The van der Waals surface area contributed by atoms with Gasteiger partial charge < -0.3 is 5.32 Å². The van der Waals surface area contributed by atoms with Gasteiger partial charge in [0.2, 0.25) is 10.0 Å². The average molecular weight is 390 g/mol. The van der Waals surface area contributed by atoms with Gasteiger partial charge in [-0.1, -0.05) is 12.1 Å². The molecule has 2 fully saturated rings. The number of nitro benzene ring substituents is 1. The SMILES string of the molecule is Cc1cccc([N+](=O)[O-])c1S(=O)(=O)N1CCC(NCC2CC2)CC1.Cl. The summed E-state index contributed by atoms with van der Waals surface area (Å²) in [6.07, 6.45) is 4.06. The van der Waals surface area contributed by atoms with Crippen LogP contribution in [0.4, 0.5) is 5.69 Å². The highest BCUT2D eigenvalue weighted by Gasteiger charge is 2.35. The molecule has 140 valence electrons. The van der Waals surface area contributed by atoms with Gasteiger partial charge in [0, 0.05) is 25.2 Å². The Labute approximate surface area is 154 Å². The fourth-order valence-electron chi connectivity index (χ4n) is 3.20. The Hall–Kier alpha value is -1.22. The van der Waals surface area contributed by atoms with E-state index < -0.39 is 14.9 Å². The van der Waals surface area contributed by atoms with Crippen LogP contribution in [-0.2, 0) is 10.0 Å². The van der Waals surface area contributed by atoms with Crippen molar-refractivity contribution in [3.8, 4) is 0 Å². The number of hydrogen-bond acceptors (Lipinski definition) is 5. The van der Waals surface area contributed by atoms with Crippen molar-refractivity contribution in [1.29, 1.82) is 0 Å². The molecule has 0 amide bonds. The molecule has 1 aromatic carbocycles. The molecule has 7 nitrogen and oxygen atoms in total. The van der Waals surface area contributed by atoms with E-state index in [1.165, 1.54) is 29.3 Å². The molecule has 25 heavy (non-hydrogen) atoms. The van der Waals surface area contributed by atoms with Crippen LogP contribution in [0.25, 0.3) is 0 Å². The first-order valence-corrected chi connectivity index (χ1v) is 9.81.